The molecule has 2 aromatic carbocycles. The van der Waals surface area contributed by atoms with Crippen LogP contribution in [-0.4, -0.2) is 50.9 Å². The molecule has 1 heterocycles. The molecule has 1 fully saturated rings. The number of hydrogen-bond acceptors (Lipinski definition) is 4. The second-order valence-corrected chi connectivity index (χ2v) is 8.63. The van der Waals surface area contributed by atoms with Crippen LogP contribution in [0.25, 0.3) is 0 Å². The normalized spacial score (nSPS) is 17.0. The van der Waals surface area contributed by atoms with E-state index in [0.29, 0.717) is 23.7 Å². The third kappa shape index (κ3) is 4.44. The lowest BCUT2D eigenvalue weighted by molar-refractivity contribution is 0.278. The van der Waals surface area contributed by atoms with Gasteiger partial charge >= 0.3 is 0 Å². The van der Waals surface area contributed by atoms with Crippen molar-refractivity contribution in [2.75, 3.05) is 33.3 Å². The van der Waals surface area contributed by atoms with Crippen LogP contribution in [0.2, 0.25) is 0 Å². The molecule has 0 amide bonds. The van der Waals surface area contributed by atoms with Gasteiger partial charge in [0.05, 0.1) is 12.0 Å². The fraction of sp³-hybridized carbons (Fsp3) is 0.400. The van der Waals surface area contributed by atoms with Crippen molar-refractivity contribution < 1.29 is 13.2 Å². The van der Waals surface area contributed by atoms with Gasteiger partial charge in [0, 0.05) is 26.2 Å². The van der Waals surface area contributed by atoms with Crippen molar-refractivity contribution in [1.82, 2.24) is 9.21 Å². The summed E-state index contributed by atoms with van der Waals surface area (Å²) in [5.41, 5.74) is 2.52. The quantitative estimate of drug-likeness (QED) is 0.807. The predicted octanol–water partition coefficient (Wildman–Crippen LogP) is 2.90. The first-order chi connectivity index (χ1) is 12.5. The van der Waals surface area contributed by atoms with Crippen LogP contribution >= 0.6 is 0 Å². The maximum absolute atomic E-state index is 12.9. The molecule has 3 rings (SSSR count). The molecular weight excluding hydrogens is 348 g/mol. The molecule has 1 aliphatic rings. The van der Waals surface area contributed by atoms with Gasteiger partial charge in [-0.3, -0.25) is 4.90 Å². The molecule has 0 spiro atoms. The maximum Gasteiger partial charge on any atom is 0.243 e. The van der Waals surface area contributed by atoms with Crippen LogP contribution < -0.4 is 4.74 Å². The van der Waals surface area contributed by atoms with Crippen molar-refractivity contribution in [3.8, 4) is 5.75 Å². The minimum Gasteiger partial charge on any atom is -0.497 e. The van der Waals surface area contributed by atoms with Gasteiger partial charge in [-0.2, -0.15) is 4.31 Å². The summed E-state index contributed by atoms with van der Waals surface area (Å²) in [4.78, 5) is 2.65. The summed E-state index contributed by atoms with van der Waals surface area (Å²) in [6, 6.07) is 15.1. The van der Waals surface area contributed by atoms with Crippen molar-refractivity contribution in [1.29, 1.82) is 0 Å². The number of methoxy groups -OCH3 is 1. The molecule has 0 aromatic heterocycles. The van der Waals surface area contributed by atoms with E-state index in [1.54, 1.807) is 35.7 Å². The first-order valence-electron chi connectivity index (χ1n) is 8.91. The fourth-order valence-corrected chi connectivity index (χ4v) is 4.66. The van der Waals surface area contributed by atoms with Crippen molar-refractivity contribution >= 4 is 10.0 Å². The van der Waals surface area contributed by atoms with Gasteiger partial charge in [0.1, 0.15) is 5.75 Å². The van der Waals surface area contributed by atoms with Gasteiger partial charge in [0.2, 0.25) is 10.0 Å². The standard InChI is InChI=1S/C20H26N2O3S/c1-17-4-6-18(7-5-17)16-21-12-3-13-22(15-14-21)26(23,24)20-10-8-19(25-2)9-11-20/h4-11H,3,12-16H2,1-2H3. The van der Waals surface area contributed by atoms with E-state index in [-0.39, 0.29) is 0 Å². The first kappa shape index (κ1) is 18.9. The molecular formula is C20H26N2O3S. The largest absolute Gasteiger partial charge is 0.497 e. The lowest BCUT2D eigenvalue weighted by atomic mass is 10.1. The second kappa shape index (κ2) is 8.20. The lowest BCUT2D eigenvalue weighted by Gasteiger charge is -2.22. The van der Waals surface area contributed by atoms with Crippen LogP contribution in [0, 0.1) is 6.92 Å². The monoisotopic (exact) mass is 374 g/mol. The molecule has 0 N–H and O–H groups in total. The Bertz CT molecular complexity index is 817. The van der Waals surface area contributed by atoms with Crippen LogP contribution in [0.3, 0.4) is 0 Å². The van der Waals surface area contributed by atoms with E-state index in [0.717, 1.165) is 26.1 Å². The van der Waals surface area contributed by atoms with Gasteiger partial charge < -0.3 is 4.74 Å². The summed E-state index contributed by atoms with van der Waals surface area (Å²) < 4.78 is 32.5. The third-order valence-electron chi connectivity index (χ3n) is 4.77. The molecule has 1 saturated heterocycles. The average Bonchev–Trinajstić information content (AvgIpc) is 2.90. The number of ether oxygens (including phenoxy) is 1. The van der Waals surface area contributed by atoms with Crippen LogP contribution in [0.15, 0.2) is 53.4 Å². The number of hydrogen-bond donors (Lipinski definition) is 0. The summed E-state index contributed by atoms with van der Waals surface area (Å²) >= 11 is 0. The Hall–Kier alpha value is -1.89. The van der Waals surface area contributed by atoms with Crippen LogP contribution in [0.5, 0.6) is 5.75 Å². The van der Waals surface area contributed by atoms with E-state index in [1.807, 2.05) is 0 Å². The molecule has 6 heteroatoms. The number of aryl methyl sites for hydroxylation is 1. The molecule has 0 bridgehead atoms. The number of nitrogens with zero attached hydrogens (tertiary/aromatic N) is 2. The Kier molecular flexibility index (Phi) is 5.96. The van der Waals surface area contributed by atoms with E-state index in [4.69, 9.17) is 4.74 Å². The minimum atomic E-state index is -3.46. The molecule has 26 heavy (non-hydrogen) atoms. The molecule has 0 radical (unpaired) electrons. The highest BCUT2D eigenvalue weighted by atomic mass is 32.2. The second-order valence-electron chi connectivity index (χ2n) is 6.69. The van der Waals surface area contributed by atoms with Crippen LogP contribution in [-0.2, 0) is 16.6 Å². The van der Waals surface area contributed by atoms with Gasteiger partial charge in [-0.05, 0) is 49.7 Å². The Balaban J connectivity index is 1.66. The molecule has 140 valence electrons. The molecule has 0 unspecified atom stereocenters. The molecule has 1 aliphatic heterocycles. The van der Waals surface area contributed by atoms with Crippen molar-refractivity contribution in [2.24, 2.45) is 0 Å². The Labute approximate surface area is 156 Å². The van der Waals surface area contributed by atoms with Gasteiger partial charge in [0.15, 0.2) is 0 Å². The maximum atomic E-state index is 12.9. The van der Waals surface area contributed by atoms with E-state index >= 15 is 0 Å². The Morgan fingerprint density at radius 1 is 0.923 bits per heavy atom. The van der Waals surface area contributed by atoms with Gasteiger partial charge in [-0.25, -0.2) is 8.42 Å². The topological polar surface area (TPSA) is 49.9 Å². The average molecular weight is 375 g/mol. The smallest absolute Gasteiger partial charge is 0.243 e. The highest BCUT2D eigenvalue weighted by Crippen LogP contribution is 2.21. The summed E-state index contributed by atoms with van der Waals surface area (Å²) in [7, 11) is -1.89. The fourth-order valence-electron chi connectivity index (χ4n) is 3.19. The molecule has 2 aromatic rings. The summed E-state index contributed by atoms with van der Waals surface area (Å²) in [6.45, 7) is 5.65. The van der Waals surface area contributed by atoms with Gasteiger partial charge in [0.25, 0.3) is 0 Å². The summed E-state index contributed by atoms with van der Waals surface area (Å²) in [5, 5.41) is 0. The number of benzene rings is 2. The highest BCUT2D eigenvalue weighted by Gasteiger charge is 2.26. The van der Waals surface area contributed by atoms with Crippen LogP contribution in [0.4, 0.5) is 0 Å². The summed E-state index contributed by atoms with van der Waals surface area (Å²) in [5.74, 6) is 0.657. The van der Waals surface area contributed by atoms with E-state index in [9.17, 15) is 8.42 Å². The Morgan fingerprint density at radius 3 is 2.27 bits per heavy atom. The zero-order valence-corrected chi connectivity index (χ0v) is 16.2. The van der Waals surface area contributed by atoms with Crippen molar-refractivity contribution in [3.63, 3.8) is 0 Å². The molecule has 5 nitrogen and oxygen atoms in total. The lowest BCUT2D eigenvalue weighted by Crippen LogP contribution is -2.35. The SMILES string of the molecule is COc1ccc(S(=O)(=O)N2CCCN(Cc3ccc(C)cc3)CC2)cc1. The number of sulfonamides is 1. The predicted molar refractivity (Wildman–Crippen MR) is 103 cm³/mol. The van der Waals surface area contributed by atoms with Gasteiger partial charge in [-0.15, -0.1) is 0 Å². The minimum absolute atomic E-state index is 0.324. The molecule has 0 aliphatic carbocycles. The zero-order valence-electron chi connectivity index (χ0n) is 15.4. The van der Waals surface area contributed by atoms with Crippen LogP contribution in [0.1, 0.15) is 17.5 Å². The van der Waals surface area contributed by atoms with Gasteiger partial charge in [-0.1, -0.05) is 29.8 Å². The third-order valence-corrected chi connectivity index (χ3v) is 6.68. The van der Waals surface area contributed by atoms with E-state index < -0.39 is 10.0 Å². The highest BCUT2D eigenvalue weighted by molar-refractivity contribution is 7.89. The molecule has 0 saturated carbocycles. The van der Waals surface area contributed by atoms with E-state index in [2.05, 4.69) is 36.1 Å². The first-order valence-corrected chi connectivity index (χ1v) is 10.3. The zero-order chi connectivity index (χ0) is 18.6. The van der Waals surface area contributed by atoms with E-state index in [1.165, 1.54) is 11.1 Å². The molecule has 0 atom stereocenters. The van der Waals surface area contributed by atoms with Crippen molar-refractivity contribution in [2.45, 2.75) is 24.8 Å². The number of rotatable bonds is 5. The van der Waals surface area contributed by atoms with Crippen molar-refractivity contribution in [3.05, 3.63) is 59.7 Å². The Morgan fingerprint density at radius 2 is 1.62 bits per heavy atom. The summed E-state index contributed by atoms with van der Waals surface area (Å²) in [6.07, 6.45) is 0.835.